The number of rotatable bonds is 1. The van der Waals surface area contributed by atoms with Crippen LogP contribution < -0.4 is 5.73 Å². The van der Waals surface area contributed by atoms with Crippen LogP contribution in [0.2, 0.25) is 5.02 Å². The van der Waals surface area contributed by atoms with Crippen LogP contribution in [0.1, 0.15) is 0 Å². The van der Waals surface area contributed by atoms with Crippen LogP contribution in [0.3, 0.4) is 0 Å². The summed E-state index contributed by atoms with van der Waals surface area (Å²) in [6.07, 6.45) is 5.23. The number of anilines is 1. The fourth-order valence-corrected chi connectivity index (χ4v) is 1.90. The van der Waals surface area contributed by atoms with Crippen molar-refractivity contribution in [3.63, 3.8) is 0 Å². The smallest absolute Gasteiger partial charge is 0.164 e. The van der Waals surface area contributed by atoms with Crippen molar-refractivity contribution in [1.29, 1.82) is 0 Å². The molecule has 0 saturated heterocycles. The molecule has 2 aromatic heterocycles. The van der Waals surface area contributed by atoms with Gasteiger partial charge in [0.25, 0.3) is 0 Å². The molecule has 2 heterocycles. The predicted octanol–water partition coefficient (Wildman–Crippen LogP) is 2.66. The first-order chi connectivity index (χ1) is 8.25. The van der Waals surface area contributed by atoms with Crippen LogP contribution in [0.5, 0.6) is 0 Å². The van der Waals surface area contributed by atoms with E-state index in [4.69, 9.17) is 17.3 Å². The number of aromatic nitrogens is 3. The topological polar surface area (TPSA) is 56.7 Å². The van der Waals surface area contributed by atoms with E-state index in [1.165, 1.54) is 0 Å². The van der Waals surface area contributed by atoms with Crippen molar-refractivity contribution in [2.75, 3.05) is 5.73 Å². The molecule has 0 unspecified atom stereocenters. The molecule has 1 aromatic carbocycles. The maximum absolute atomic E-state index is 5.90. The molecule has 0 bridgehead atoms. The van der Waals surface area contributed by atoms with Crippen molar-refractivity contribution in [1.82, 2.24) is 14.8 Å². The van der Waals surface area contributed by atoms with E-state index in [1.807, 2.05) is 30.5 Å². The van der Waals surface area contributed by atoms with Crippen molar-refractivity contribution in [3.8, 4) is 5.69 Å². The van der Waals surface area contributed by atoms with E-state index in [-0.39, 0.29) is 0 Å². The van der Waals surface area contributed by atoms with Gasteiger partial charge in [0.2, 0.25) is 0 Å². The molecule has 4 nitrogen and oxygen atoms in total. The van der Waals surface area contributed by atoms with Crippen molar-refractivity contribution < 1.29 is 0 Å². The number of halogens is 1. The van der Waals surface area contributed by atoms with Crippen LogP contribution in [0.15, 0.2) is 42.9 Å². The molecule has 0 aliphatic carbocycles. The van der Waals surface area contributed by atoms with E-state index in [1.54, 1.807) is 17.1 Å². The summed E-state index contributed by atoms with van der Waals surface area (Å²) in [6, 6.07) is 7.96. The minimum absolute atomic E-state index is 0.319. The normalized spacial score (nSPS) is 10.9. The van der Waals surface area contributed by atoms with Gasteiger partial charge < -0.3 is 5.73 Å². The Morgan fingerprint density at radius 2 is 2.00 bits per heavy atom. The lowest BCUT2D eigenvalue weighted by Crippen LogP contribution is -1.98. The summed E-state index contributed by atoms with van der Waals surface area (Å²) in [7, 11) is 0. The SMILES string of the molecule is Nc1nn(-c2cncc3ccccc23)cc1Cl. The summed E-state index contributed by atoms with van der Waals surface area (Å²) < 4.78 is 1.65. The summed E-state index contributed by atoms with van der Waals surface area (Å²) >= 11 is 5.90. The number of benzene rings is 1. The van der Waals surface area contributed by atoms with Crippen LogP contribution in [0, 0.1) is 0 Å². The number of fused-ring (bicyclic) bond motifs is 1. The minimum Gasteiger partial charge on any atom is -0.381 e. The van der Waals surface area contributed by atoms with E-state index in [0.29, 0.717) is 10.8 Å². The zero-order valence-corrected chi connectivity index (χ0v) is 9.59. The number of nitrogen functional groups attached to an aromatic ring is 1. The number of pyridine rings is 1. The summed E-state index contributed by atoms with van der Waals surface area (Å²) in [4.78, 5) is 4.18. The van der Waals surface area contributed by atoms with E-state index in [2.05, 4.69) is 10.1 Å². The fraction of sp³-hybridized carbons (Fsp3) is 0. The van der Waals surface area contributed by atoms with Crippen LogP contribution in [0.25, 0.3) is 16.5 Å². The highest BCUT2D eigenvalue weighted by Crippen LogP contribution is 2.23. The van der Waals surface area contributed by atoms with Crippen molar-refractivity contribution in [2.24, 2.45) is 0 Å². The van der Waals surface area contributed by atoms with Gasteiger partial charge in [-0.25, -0.2) is 4.68 Å². The Balaban J connectivity index is 2.30. The van der Waals surface area contributed by atoms with Gasteiger partial charge in [-0.15, -0.1) is 5.10 Å². The van der Waals surface area contributed by atoms with Gasteiger partial charge in [0, 0.05) is 17.0 Å². The lowest BCUT2D eigenvalue weighted by Gasteiger charge is -2.04. The minimum atomic E-state index is 0.319. The molecule has 0 fully saturated rings. The van der Waals surface area contributed by atoms with E-state index in [0.717, 1.165) is 16.5 Å². The number of hydrogen-bond donors (Lipinski definition) is 1. The highest BCUT2D eigenvalue weighted by atomic mass is 35.5. The highest BCUT2D eigenvalue weighted by molar-refractivity contribution is 6.32. The van der Waals surface area contributed by atoms with Gasteiger partial charge in [0.1, 0.15) is 5.02 Å². The van der Waals surface area contributed by atoms with E-state index in [9.17, 15) is 0 Å². The van der Waals surface area contributed by atoms with Gasteiger partial charge in [-0.05, 0) is 0 Å². The first-order valence-electron chi connectivity index (χ1n) is 5.09. The second-order valence-corrected chi connectivity index (χ2v) is 4.09. The molecule has 84 valence electrons. The lowest BCUT2D eigenvalue weighted by atomic mass is 10.1. The summed E-state index contributed by atoms with van der Waals surface area (Å²) in [5.41, 5.74) is 6.50. The summed E-state index contributed by atoms with van der Waals surface area (Å²) in [5.74, 6) is 0.319. The average molecular weight is 245 g/mol. The van der Waals surface area contributed by atoms with Gasteiger partial charge in [0.15, 0.2) is 5.82 Å². The number of nitrogens with two attached hydrogens (primary N) is 1. The largest absolute Gasteiger partial charge is 0.381 e. The zero-order valence-electron chi connectivity index (χ0n) is 8.84. The second-order valence-electron chi connectivity index (χ2n) is 3.69. The molecule has 0 aliphatic heterocycles. The molecule has 3 rings (SSSR count). The van der Waals surface area contributed by atoms with Crippen molar-refractivity contribution in [3.05, 3.63) is 47.9 Å². The van der Waals surface area contributed by atoms with Crippen LogP contribution in [0.4, 0.5) is 5.82 Å². The summed E-state index contributed by atoms with van der Waals surface area (Å²) in [5, 5.41) is 6.70. The van der Waals surface area contributed by atoms with Crippen LogP contribution >= 0.6 is 11.6 Å². The zero-order chi connectivity index (χ0) is 11.8. The summed E-state index contributed by atoms with van der Waals surface area (Å²) in [6.45, 7) is 0. The molecule has 0 radical (unpaired) electrons. The fourth-order valence-electron chi connectivity index (χ4n) is 1.77. The third kappa shape index (κ3) is 1.62. The lowest BCUT2D eigenvalue weighted by molar-refractivity contribution is 0.887. The Kier molecular flexibility index (Phi) is 2.23. The molecule has 17 heavy (non-hydrogen) atoms. The highest BCUT2D eigenvalue weighted by Gasteiger charge is 2.07. The Morgan fingerprint density at radius 3 is 2.76 bits per heavy atom. The van der Waals surface area contributed by atoms with Crippen LogP contribution in [-0.4, -0.2) is 14.8 Å². The Labute approximate surface area is 103 Å². The quantitative estimate of drug-likeness (QED) is 0.716. The van der Waals surface area contributed by atoms with Gasteiger partial charge in [-0.1, -0.05) is 35.9 Å². The molecular formula is C12H9ClN4. The van der Waals surface area contributed by atoms with E-state index < -0.39 is 0 Å². The first kappa shape index (κ1) is 10.1. The molecule has 0 amide bonds. The molecule has 0 spiro atoms. The molecule has 2 N–H and O–H groups in total. The maximum Gasteiger partial charge on any atom is 0.164 e. The first-order valence-corrected chi connectivity index (χ1v) is 5.47. The molecular weight excluding hydrogens is 236 g/mol. The Morgan fingerprint density at radius 1 is 1.18 bits per heavy atom. The number of hydrogen-bond acceptors (Lipinski definition) is 3. The van der Waals surface area contributed by atoms with Crippen molar-refractivity contribution >= 4 is 28.2 Å². The standard InChI is InChI=1S/C12H9ClN4/c13-10-7-17(16-12(10)14)11-6-15-5-8-3-1-2-4-9(8)11/h1-7H,(H2,14,16). The van der Waals surface area contributed by atoms with Gasteiger partial charge in [0.05, 0.1) is 18.1 Å². The molecule has 5 heteroatoms. The molecule has 0 atom stereocenters. The van der Waals surface area contributed by atoms with E-state index >= 15 is 0 Å². The average Bonchev–Trinajstić information content (AvgIpc) is 2.69. The molecule has 0 saturated carbocycles. The molecule has 3 aromatic rings. The predicted molar refractivity (Wildman–Crippen MR) is 68.3 cm³/mol. The Bertz CT molecular complexity index is 665. The molecule has 0 aliphatic rings. The third-order valence-electron chi connectivity index (χ3n) is 2.59. The maximum atomic E-state index is 5.90. The van der Waals surface area contributed by atoms with Gasteiger partial charge >= 0.3 is 0 Å². The van der Waals surface area contributed by atoms with Crippen molar-refractivity contribution in [2.45, 2.75) is 0 Å². The second kappa shape index (κ2) is 3.75. The van der Waals surface area contributed by atoms with Gasteiger partial charge in [-0.3, -0.25) is 4.98 Å². The van der Waals surface area contributed by atoms with Gasteiger partial charge in [-0.2, -0.15) is 0 Å². The Hall–Kier alpha value is -2.07. The number of nitrogens with zero attached hydrogens (tertiary/aromatic N) is 3. The third-order valence-corrected chi connectivity index (χ3v) is 2.88. The monoisotopic (exact) mass is 244 g/mol. The van der Waals surface area contributed by atoms with Crippen LogP contribution in [-0.2, 0) is 0 Å².